The van der Waals surface area contributed by atoms with Crippen molar-refractivity contribution in [2.75, 3.05) is 25.1 Å². The number of carbonyl (C=O) groups is 4. The van der Waals surface area contributed by atoms with Gasteiger partial charge in [-0.15, -0.1) is 0 Å². The normalized spacial score (nSPS) is 10.7. The molecular weight excluding hydrogens is 356 g/mol. The first-order valence-corrected chi connectivity index (χ1v) is 8.16. The Morgan fingerprint density at radius 2 is 1.78 bits per heavy atom. The standard InChI is InChI=1S/C17H22N4O6/c1-3-27-17(26)12-4-6-13(7-5-12)19-14(23)10-11(2)20-21-16(25)15(24)18-8-9-22/h4-7,22H,3,8-10H2,1-2H3,(H,18,24)(H,19,23)(H,21,25)/b20-11+. The number of aliphatic hydroxyl groups is 1. The Morgan fingerprint density at radius 3 is 2.37 bits per heavy atom. The summed E-state index contributed by atoms with van der Waals surface area (Å²) in [7, 11) is 0. The summed E-state index contributed by atoms with van der Waals surface area (Å²) in [4.78, 5) is 46.2. The maximum Gasteiger partial charge on any atom is 0.338 e. The minimum Gasteiger partial charge on any atom is -0.462 e. The zero-order valence-corrected chi connectivity index (χ0v) is 15.1. The Balaban J connectivity index is 2.50. The molecule has 146 valence electrons. The van der Waals surface area contributed by atoms with Gasteiger partial charge in [0.05, 0.1) is 25.2 Å². The lowest BCUT2D eigenvalue weighted by molar-refractivity contribution is -0.139. The number of nitrogens with one attached hydrogen (secondary N) is 3. The number of hydrogen-bond donors (Lipinski definition) is 4. The van der Waals surface area contributed by atoms with E-state index in [1.54, 1.807) is 19.1 Å². The summed E-state index contributed by atoms with van der Waals surface area (Å²) >= 11 is 0. The number of carbonyl (C=O) groups excluding carboxylic acids is 4. The zero-order valence-electron chi connectivity index (χ0n) is 15.1. The van der Waals surface area contributed by atoms with E-state index in [1.807, 2.05) is 5.43 Å². The van der Waals surface area contributed by atoms with Crippen molar-refractivity contribution in [1.29, 1.82) is 0 Å². The average Bonchev–Trinajstić information content (AvgIpc) is 2.64. The highest BCUT2D eigenvalue weighted by Gasteiger charge is 2.12. The van der Waals surface area contributed by atoms with Crippen LogP contribution in [0.5, 0.6) is 0 Å². The molecule has 0 fully saturated rings. The first kappa shape index (κ1) is 21.8. The van der Waals surface area contributed by atoms with E-state index in [0.717, 1.165) is 0 Å². The maximum atomic E-state index is 12.0. The molecule has 1 rings (SSSR count). The number of anilines is 1. The summed E-state index contributed by atoms with van der Waals surface area (Å²) in [5.41, 5.74) is 3.14. The smallest absolute Gasteiger partial charge is 0.338 e. The zero-order chi connectivity index (χ0) is 20.2. The maximum absolute atomic E-state index is 12.0. The highest BCUT2D eigenvalue weighted by atomic mass is 16.5. The summed E-state index contributed by atoms with van der Waals surface area (Å²) in [6.07, 6.45) is -0.113. The van der Waals surface area contributed by atoms with Crippen molar-refractivity contribution in [1.82, 2.24) is 10.7 Å². The Morgan fingerprint density at radius 1 is 1.11 bits per heavy atom. The molecule has 0 bridgehead atoms. The number of benzene rings is 1. The van der Waals surface area contributed by atoms with Crippen LogP contribution in [0.1, 0.15) is 30.6 Å². The molecule has 10 heteroatoms. The van der Waals surface area contributed by atoms with Gasteiger partial charge in [0.15, 0.2) is 0 Å². The fourth-order valence-corrected chi connectivity index (χ4v) is 1.83. The predicted octanol–water partition coefficient (Wildman–Crippen LogP) is -0.207. The molecule has 0 saturated carbocycles. The van der Waals surface area contributed by atoms with Gasteiger partial charge in [-0.05, 0) is 38.1 Å². The van der Waals surface area contributed by atoms with Crippen molar-refractivity contribution in [3.63, 3.8) is 0 Å². The summed E-state index contributed by atoms with van der Waals surface area (Å²) in [5, 5.41) is 17.0. The van der Waals surface area contributed by atoms with Gasteiger partial charge < -0.3 is 20.5 Å². The molecular formula is C17H22N4O6. The molecule has 0 saturated heterocycles. The number of nitrogens with zero attached hydrogens (tertiary/aromatic N) is 1. The minimum atomic E-state index is -1.00. The Labute approximate surface area is 156 Å². The van der Waals surface area contributed by atoms with E-state index >= 15 is 0 Å². The summed E-state index contributed by atoms with van der Waals surface area (Å²) in [6, 6.07) is 6.17. The van der Waals surface area contributed by atoms with Gasteiger partial charge in [0, 0.05) is 17.9 Å². The number of esters is 1. The number of aliphatic hydroxyl groups excluding tert-OH is 1. The van der Waals surface area contributed by atoms with Gasteiger partial charge in [-0.2, -0.15) is 5.10 Å². The van der Waals surface area contributed by atoms with E-state index in [9.17, 15) is 19.2 Å². The van der Waals surface area contributed by atoms with Crippen LogP contribution in [0.4, 0.5) is 5.69 Å². The van der Waals surface area contributed by atoms with Gasteiger partial charge in [0.1, 0.15) is 0 Å². The Bertz CT molecular complexity index is 715. The molecule has 1 aromatic carbocycles. The summed E-state index contributed by atoms with van der Waals surface area (Å²) in [5.74, 6) is -2.78. The molecule has 0 spiro atoms. The highest BCUT2D eigenvalue weighted by molar-refractivity contribution is 6.35. The van der Waals surface area contributed by atoms with E-state index in [4.69, 9.17) is 9.84 Å². The van der Waals surface area contributed by atoms with Crippen LogP contribution >= 0.6 is 0 Å². The molecule has 10 nitrogen and oxygen atoms in total. The van der Waals surface area contributed by atoms with Gasteiger partial charge >= 0.3 is 17.8 Å². The van der Waals surface area contributed by atoms with Crippen molar-refractivity contribution >= 4 is 35.1 Å². The molecule has 0 atom stereocenters. The number of rotatable bonds is 8. The van der Waals surface area contributed by atoms with Crippen molar-refractivity contribution in [3.8, 4) is 0 Å². The third-order valence-electron chi connectivity index (χ3n) is 3.05. The molecule has 27 heavy (non-hydrogen) atoms. The number of amides is 3. The second-order valence-corrected chi connectivity index (χ2v) is 5.29. The number of ether oxygens (including phenoxy) is 1. The van der Waals surface area contributed by atoms with Gasteiger partial charge in [0.2, 0.25) is 5.91 Å². The molecule has 3 amide bonds. The average molecular weight is 378 g/mol. The number of hydrazone groups is 1. The molecule has 0 radical (unpaired) electrons. The quantitative estimate of drug-likeness (QED) is 0.213. The van der Waals surface area contributed by atoms with Gasteiger partial charge in [-0.3, -0.25) is 14.4 Å². The van der Waals surface area contributed by atoms with Gasteiger partial charge in [0.25, 0.3) is 0 Å². The van der Waals surface area contributed by atoms with Crippen LogP contribution < -0.4 is 16.1 Å². The lowest BCUT2D eigenvalue weighted by atomic mass is 10.2. The third-order valence-corrected chi connectivity index (χ3v) is 3.05. The largest absolute Gasteiger partial charge is 0.462 e. The molecule has 0 unspecified atom stereocenters. The first-order valence-electron chi connectivity index (χ1n) is 8.16. The van der Waals surface area contributed by atoms with E-state index in [1.165, 1.54) is 19.1 Å². The van der Waals surface area contributed by atoms with Crippen LogP contribution in [-0.4, -0.2) is 54.3 Å². The van der Waals surface area contributed by atoms with Crippen molar-refractivity contribution in [3.05, 3.63) is 29.8 Å². The summed E-state index contributed by atoms with van der Waals surface area (Å²) < 4.78 is 4.87. The van der Waals surface area contributed by atoms with Crippen LogP contribution in [0.25, 0.3) is 0 Å². The molecule has 0 aliphatic rings. The molecule has 1 aromatic rings. The van der Waals surface area contributed by atoms with Crippen LogP contribution in [0.2, 0.25) is 0 Å². The predicted molar refractivity (Wildman–Crippen MR) is 97.0 cm³/mol. The van der Waals surface area contributed by atoms with Crippen LogP contribution in [0.15, 0.2) is 29.4 Å². The Kier molecular flexibility index (Phi) is 9.16. The van der Waals surface area contributed by atoms with Crippen molar-refractivity contribution in [2.24, 2.45) is 5.10 Å². The van der Waals surface area contributed by atoms with Crippen molar-refractivity contribution < 1.29 is 29.0 Å². The monoisotopic (exact) mass is 378 g/mol. The van der Waals surface area contributed by atoms with Crippen LogP contribution in [0, 0.1) is 0 Å². The number of hydrogen-bond acceptors (Lipinski definition) is 7. The minimum absolute atomic E-state index is 0.0493. The van der Waals surface area contributed by atoms with Crippen molar-refractivity contribution in [2.45, 2.75) is 20.3 Å². The second-order valence-electron chi connectivity index (χ2n) is 5.29. The SMILES string of the molecule is CCOC(=O)c1ccc(NC(=O)C/C(C)=N/NC(=O)C(=O)NCCO)cc1. The first-order chi connectivity index (χ1) is 12.9. The highest BCUT2D eigenvalue weighted by Crippen LogP contribution is 2.11. The van der Waals surface area contributed by atoms with E-state index in [0.29, 0.717) is 11.3 Å². The molecule has 0 heterocycles. The Hall–Kier alpha value is -3.27. The molecule has 0 aliphatic carbocycles. The van der Waals surface area contributed by atoms with E-state index in [2.05, 4.69) is 15.7 Å². The van der Waals surface area contributed by atoms with Gasteiger partial charge in [-0.25, -0.2) is 10.2 Å². The second kappa shape index (κ2) is 11.4. The van der Waals surface area contributed by atoms with Crippen LogP contribution in [-0.2, 0) is 19.1 Å². The van der Waals surface area contributed by atoms with E-state index < -0.39 is 17.8 Å². The molecule has 0 aromatic heterocycles. The van der Waals surface area contributed by atoms with E-state index in [-0.39, 0.29) is 37.8 Å². The summed E-state index contributed by atoms with van der Waals surface area (Å²) in [6.45, 7) is 3.15. The topological polar surface area (TPSA) is 146 Å². The van der Waals surface area contributed by atoms with Gasteiger partial charge in [-0.1, -0.05) is 0 Å². The third kappa shape index (κ3) is 8.10. The lowest BCUT2D eigenvalue weighted by Crippen LogP contribution is -2.39. The lowest BCUT2D eigenvalue weighted by Gasteiger charge is -2.07. The van der Waals surface area contributed by atoms with Crippen LogP contribution in [0.3, 0.4) is 0 Å². The fourth-order valence-electron chi connectivity index (χ4n) is 1.83. The molecule has 0 aliphatic heterocycles. The fraction of sp³-hybridized carbons (Fsp3) is 0.353. The molecule has 4 N–H and O–H groups in total.